The van der Waals surface area contributed by atoms with Crippen molar-refractivity contribution in [2.75, 3.05) is 6.54 Å². The summed E-state index contributed by atoms with van der Waals surface area (Å²) in [5, 5.41) is 16.0. The summed E-state index contributed by atoms with van der Waals surface area (Å²) in [6, 6.07) is 4.54. The van der Waals surface area contributed by atoms with E-state index in [1.165, 1.54) is 28.9 Å². The Morgan fingerprint density at radius 2 is 2.20 bits per heavy atom. The Labute approximate surface area is 133 Å². The third kappa shape index (κ3) is 2.10. The maximum Gasteiger partial charge on any atom is 0.123 e. The maximum absolute atomic E-state index is 10.2. The van der Waals surface area contributed by atoms with Crippen LogP contribution in [-0.2, 0) is 0 Å². The molecule has 0 aromatic carbocycles. The highest BCUT2D eigenvalue weighted by molar-refractivity contribution is 8.93. The van der Waals surface area contributed by atoms with Crippen LogP contribution < -0.4 is 5.32 Å². The fraction of sp³-hybridized carbons (Fsp3) is 0.375. The zero-order chi connectivity index (χ0) is 12.8. The molecule has 0 bridgehead atoms. The second-order valence-corrected chi connectivity index (χ2v) is 6.46. The fourth-order valence-electron chi connectivity index (χ4n) is 3.59. The summed E-state index contributed by atoms with van der Waals surface area (Å²) in [6.07, 6.45) is 7.70. The first-order chi connectivity index (χ1) is 9.34. The highest BCUT2D eigenvalue weighted by Gasteiger charge is 2.35. The molecule has 2 atom stereocenters. The third-order valence-corrected chi connectivity index (χ3v) is 5.36. The van der Waals surface area contributed by atoms with Crippen LogP contribution in [0.15, 0.2) is 52.1 Å². The molecule has 1 aromatic rings. The van der Waals surface area contributed by atoms with Gasteiger partial charge in [-0.3, -0.25) is 0 Å². The molecule has 4 heteroatoms. The molecule has 0 spiro atoms. The highest BCUT2D eigenvalue weighted by atomic mass is 79.9. The van der Waals surface area contributed by atoms with Crippen LogP contribution in [0.1, 0.15) is 30.2 Å². The van der Waals surface area contributed by atoms with Crippen molar-refractivity contribution in [3.63, 3.8) is 0 Å². The maximum atomic E-state index is 10.2. The Kier molecular flexibility index (Phi) is 3.89. The number of thiophene rings is 1. The average molecular weight is 352 g/mol. The topological polar surface area (TPSA) is 32.3 Å². The summed E-state index contributed by atoms with van der Waals surface area (Å²) in [5.41, 5.74) is 3.82. The van der Waals surface area contributed by atoms with Crippen LogP contribution in [0.25, 0.3) is 0 Å². The van der Waals surface area contributed by atoms with Crippen molar-refractivity contribution in [1.29, 1.82) is 0 Å². The molecule has 0 fully saturated rings. The van der Waals surface area contributed by atoms with E-state index in [1.807, 2.05) is 6.08 Å². The molecule has 2 N–H and O–H groups in total. The Morgan fingerprint density at radius 3 is 3.00 bits per heavy atom. The molecule has 0 saturated carbocycles. The van der Waals surface area contributed by atoms with Crippen LogP contribution in [0.4, 0.5) is 0 Å². The normalized spacial score (nSPS) is 28.2. The lowest BCUT2D eigenvalue weighted by Gasteiger charge is -2.23. The zero-order valence-electron chi connectivity index (χ0n) is 11.1. The van der Waals surface area contributed by atoms with Crippen molar-refractivity contribution in [2.24, 2.45) is 5.92 Å². The van der Waals surface area contributed by atoms with Gasteiger partial charge in [0.05, 0.1) is 6.04 Å². The van der Waals surface area contributed by atoms with Gasteiger partial charge in [-0.15, -0.1) is 28.3 Å². The number of allylic oxidation sites excluding steroid dienone is 2. The van der Waals surface area contributed by atoms with Gasteiger partial charge in [0.2, 0.25) is 0 Å². The molecule has 2 nitrogen and oxygen atoms in total. The lowest BCUT2D eigenvalue weighted by Crippen LogP contribution is -2.21. The van der Waals surface area contributed by atoms with E-state index in [0.717, 1.165) is 18.5 Å². The van der Waals surface area contributed by atoms with Crippen LogP contribution in [0, 0.1) is 5.92 Å². The van der Waals surface area contributed by atoms with E-state index in [-0.39, 0.29) is 23.0 Å². The number of aliphatic hydroxyl groups excluding tert-OH is 1. The number of rotatable bonds is 1. The van der Waals surface area contributed by atoms with Gasteiger partial charge in [0.15, 0.2) is 0 Å². The summed E-state index contributed by atoms with van der Waals surface area (Å²) in [6.45, 7) is 1.06. The Morgan fingerprint density at radius 1 is 1.30 bits per heavy atom. The molecular formula is C16H18BrNOS. The van der Waals surface area contributed by atoms with Crippen molar-refractivity contribution < 1.29 is 5.11 Å². The largest absolute Gasteiger partial charge is 0.507 e. The SMILES string of the molecule is Br.OC1=CC2=C3C1=CCC[C@H]3CCN[C@@H]2c1cccs1. The minimum atomic E-state index is 0. The molecular weight excluding hydrogens is 334 g/mol. The van der Waals surface area contributed by atoms with E-state index in [0.29, 0.717) is 11.7 Å². The predicted molar refractivity (Wildman–Crippen MR) is 88.5 cm³/mol. The predicted octanol–water partition coefficient (Wildman–Crippen LogP) is 4.45. The minimum absolute atomic E-state index is 0. The second-order valence-electron chi connectivity index (χ2n) is 5.48. The van der Waals surface area contributed by atoms with E-state index in [9.17, 15) is 5.11 Å². The molecule has 1 aliphatic heterocycles. The lowest BCUT2D eigenvalue weighted by molar-refractivity contribution is 0.416. The number of aliphatic hydroxyl groups is 1. The minimum Gasteiger partial charge on any atom is -0.507 e. The van der Waals surface area contributed by atoms with Crippen LogP contribution >= 0.6 is 28.3 Å². The monoisotopic (exact) mass is 351 g/mol. The average Bonchev–Trinajstić information content (AvgIpc) is 3.00. The quantitative estimate of drug-likeness (QED) is 0.783. The van der Waals surface area contributed by atoms with Gasteiger partial charge in [-0.2, -0.15) is 0 Å². The molecule has 0 saturated heterocycles. The van der Waals surface area contributed by atoms with Gasteiger partial charge < -0.3 is 10.4 Å². The highest BCUT2D eigenvalue weighted by Crippen LogP contribution is 2.47. The molecule has 2 heterocycles. The second kappa shape index (κ2) is 5.51. The zero-order valence-corrected chi connectivity index (χ0v) is 13.7. The van der Waals surface area contributed by atoms with Crippen molar-refractivity contribution >= 4 is 28.3 Å². The first kappa shape index (κ1) is 14.1. The molecule has 0 radical (unpaired) electrons. The fourth-order valence-corrected chi connectivity index (χ4v) is 4.41. The number of nitrogens with one attached hydrogen (secondary N) is 1. The molecule has 4 rings (SSSR count). The van der Waals surface area contributed by atoms with Crippen LogP contribution in [0.3, 0.4) is 0 Å². The van der Waals surface area contributed by atoms with Crippen molar-refractivity contribution in [3.05, 3.63) is 57.0 Å². The molecule has 0 amide bonds. The Balaban J connectivity index is 0.00000121. The van der Waals surface area contributed by atoms with Gasteiger partial charge in [0, 0.05) is 10.5 Å². The van der Waals surface area contributed by atoms with Crippen LogP contribution in [0.5, 0.6) is 0 Å². The summed E-state index contributed by atoms with van der Waals surface area (Å²) < 4.78 is 0. The van der Waals surface area contributed by atoms with Gasteiger partial charge in [0.25, 0.3) is 0 Å². The summed E-state index contributed by atoms with van der Waals surface area (Å²) in [4.78, 5) is 1.35. The smallest absolute Gasteiger partial charge is 0.123 e. The molecule has 1 aromatic heterocycles. The van der Waals surface area contributed by atoms with Gasteiger partial charge in [-0.1, -0.05) is 12.1 Å². The number of hydrogen-bond donors (Lipinski definition) is 2. The first-order valence-corrected chi connectivity index (χ1v) is 7.85. The van der Waals surface area contributed by atoms with E-state index in [2.05, 4.69) is 28.9 Å². The van der Waals surface area contributed by atoms with Crippen LogP contribution in [-0.4, -0.2) is 11.7 Å². The van der Waals surface area contributed by atoms with Gasteiger partial charge in [-0.05, 0) is 60.4 Å². The van der Waals surface area contributed by atoms with Gasteiger partial charge in [-0.25, -0.2) is 0 Å². The van der Waals surface area contributed by atoms with Crippen molar-refractivity contribution in [1.82, 2.24) is 5.32 Å². The van der Waals surface area contributed by atoms with E-state index < -0.39 is 0 Å². The van der Waals surface area contributed by atoms with E-state index >= 15 is 0 Å². The first-order valence-electron chi connectivity index (χ1n) is 6.97. The van der Waals surface area contributed by atoms with Crippen molar-refractivity contribution in [3.8, 4) is 0 Å². The molecule has 3 aliphatic rings. The Hall–Kier alpha value is -0.840. The third-order valence-electron chi connectivity index (χ3n) is 4.42. The number of halogens is 1. The number of hydrogen-bond acceptors (Lipinski definition) is 3. The van der Waals surface area contributed by atoms with Gasteiger partial charge in [0.1, 0.15) is 5.76 Å². The summed E-state index contributed by atoms with van der Waals surface area (Å²) in [7, 11) is 0. The molecule has 2 aliphatic carbocycles. The van der Waals surface area contributed by atoms with Crippen molar-refractivity contribution in [2.45, 2.75) is 25.3 Å². The van der Waals surface area contributed by atoms with Crippen LogP contribution in [0.2, 0.25) is 0 Å². The molecule has 20 heavy (non-hydrogen) atoms. The van der Waals surface area contributed by atoms with E-state index in [1.54, 1.807) is 11.3 Å². The standard InChI is InChI=1S/C16H17NOS.BrH/c18-13-9-12-15-10(3-1-4-11(13)15)6-7-17-16(12)14-5-2-8-19-14;/h2,4-5,8-10,16-18H,1,3,6-7H2;1H/t10-,16-;/m0./s1. The lowest BCUT2D eigenvalue weighted by atomic mass is 9.81. The summed E-state index contributed by atoms with van der Waals surface area (Å²) in [5.74, 6) is 1.09. The Bertz CT molecular complexity index is 600. The molecule has 0 unspecified atom stereocenters. The summed E-state index contributed by atoms with van der Waals surface area (Å²) >= 11 is 1.79. The van der Waals surface area contributed by atoms with Gasteiger partial charge >= 0.3 is 0 Å². The molecule has 106 valence electrons. The van der Waals surface area contributed by atoms with E-state index in [4.69, 9.17) is 0 Å².